The Morgan fingerprint density at radius 1 is 1.17 bits per heavy atom. The van der Waals surface area contributed by atoms with Crippen LogP contribution in [0.3, 0.4) is 0 Å². The van der Waals surface area contributed by atoms with Gasteiger partial charge in [-0.15, -0.1) is 0 Å². The van der Waals surface area contributed by atoms with Crippen molar-refractivity contribution < 1.29 is 17.2 Å². The summed E-state index contributed by atoms with van der Waals surface area (Å²) < 4.78 is 53.1. The lowest BCUT2D eigenvalue weighted by Gasteiger charge is -2.35. The van der Waals surface area contributed by atoms with Gasteiger partial charge in [0.05, 0.1) is 4.90 Å². The molecular formula is C16H22F2N2O2S2. The standard InChI is InChI=1S/C16H22F2N2O2S2/c17-15-2-1-14(9-16(15)18)24(21,22)19-10-12-3-6-20(7-4-12)13-5-8-23-11-13/h1-2,9,12-13,19H,3-8,10-11H2. The van der Waals surface area contributed by atoms with Crippen molar-refractivity contribution in [1.29, 1.82) is 0 Å². The molecule has 0 amide bonds. The maximum atomic E-state index is 13.2. The molecule has 2 aliphatic heterocycles. The molecule has 2 fully saturated rings. The number of sulfonamides is 1. The molecule has 3 rings (SSSR count). The summed E-state index contributed by atoms with van der Waals surface area (Å²) in [6.07, 6.45) is 3.17. The zero-order valence-corrected chi connectivity index (χ0v) is 15.0. The van der Waals surface area contributed by atoms with Crippen molar-refractivity contribution >= 4 is 21.8 Å². The number of piperidine rings is 1. The van der Waals surface area contributed by atoms with Crippen molar-refractivity contribution in [1.82, 2.24) is 9.62 Å². The summed E-state index contributed by atoms with van der Waals surface area (Å²) in [6.45, 7) is 2.35. The molecule has 1 unspecified atom stereocenters. The van der Waals surface area contributed by atoms with Crippen LogP contribution in [0.5, 0.6) is 0 Å². The predicted octanol–water partition coefficient (Wildman–Crippen LogP) is 2.46. The normalized spacial score (nSPS) is 23.7. The van der Waals surface area contributed by atoms with E-state index in [9.17, 15) is 17.2 Å². The van der Waals surface area contributed by atoms with Gasteiger partial charge < -0.3 is 0 Å². The predicted molar refractivity (Wildman–Crippen MR) is 91.6 cm³/mol. The molecule has 1 aromatic carbocycles. The van der Waals surface area contributed by atoms with E-state index in [1.807, 2.05) is 11.8 Å². The second-order valence-electron chi connectivity index (χ2n) is 6.42. The van der Waals surface area contributed by atoms with Gasteiger partial charge in [-0.2, -0.15) is 11.8 Å². The first-order valence-corrected chi connectivity index (χ1v) is 10.9. The Balaban J connectivity index is 1.51. The van der Waals surface area contributed by atoms with E-state index in [0.717, 1.165) is 44.1 Å². The van der Waals surface area contributed by atoms with Gasteiger partial charge in [-0.3, -0.25) is 4.90 Å². The highest BCUT2D eigenvalue weighted by Gasteiger charge is 2.28. The largest absolute Gasteiger partial charge is 0.300 e. The lowest BCUT2D eigenvalue weighted by molar-refractivity contribution is 0.145. The van der Waals surface area contributed by atoms with Gasteiger partial charge in [0, 0.05) is 18.3 Å². The average Bonchev–Trinajstić information content (AvgIpc) is 3.10. The minimum Gasteiger partial charge on any atom is -0.300 e. The van der Waals surface area contributed by atoms with Gasteiger partial charge in [-0.05, 0) is 62.2 Å². The second-order valence-corrected chi connectivity index (χ2v) is 9.34. The van der Waals surface area contributed by atoms with E-state index in [1.165, 1.54) is 17.9 Å². The molecule has 24 heavy (non-hydrogen) atoms. The van der Waals surface area contributed by atoms with Crippen LogP contribution in [0.2, 0.25) is 0 Å². The smallest absolute Gasteiger partial charge is 0.240 e. The number of likely N-dealkylation sites (tertiary alicyclic amines) is 1. The van der Waals surface area contributed by atoms with Gasteiger partial charge >= 0.3 is 0 Å². The van der Waals surface area contributed by atoms with E-state index in [4.69, 9.17) is 0 Å². The van der Waals surface area contributed by atoms with Gasteiger partial charge in [0.2, 0.25) is 10.0 Å². The first kappa shape index (κ1) is 18.1. The Labute approximate surface area is 146 Å². The maximum absolute atomic E-state index is 13.2. The lowest BCUT2D eigenvalue weighted by atomic mass is 9.96. The van der Waals surface area contributed by atoms with Crippen LogP contribution >= 0.6 is 11.8 Å². The van der Waals surface area contributed by atoms with Crippen molar-refractivity contribution in [2.75, 3.05) is 31.1 Å². The molecule has 0 aliphatic carbocycles. The highest BCUT2D eigenvalue weighted by molar-refractivity contribution is 7.99. The number of rotatable bonds is 5. The van der Waals surface area contributed by atoms with E-state index >= 15 is 0 Å². The molecule has 1 N–H and O–H groups in total. The summed E-state index contributed by atoms with van der Waals surface area (Å²) >= 11 is 2.00. The summed E-state index contributed by atoms with van der Waals surface area (Å²) in [7, 11) is -3.80. The van der Waals surface area contributed by atoms with E-state index in [2.05, 4.69) is 9.62 Å². The first-order valence-electron chi connectivity index (χ1n) is 8.22. The highest BCUT2D eigenvalue weighted by Crippen LogP contribution is 2.27. The molecule has 0 saturated carbocycles. The zero-order chi connectivity index (χ0) is 17.2. The fraction of sp³-hybridized carbons (Fsp3) is 0.625. The third-order valence-electron chi connectivity index (χ3n) is 4.83. The van der Waals surface area contributed by atoms with Crippen molar-refractivity contribution in [2.45, 2.75) is 30.2 Å². The van der Waals surface area contributed by atoms with Crippen LogP contribution in [-0.2, 0) is 10.0 Å². The van der Waals surface area contributed by atoms with Gasteiger partial charge in [-0.1, -0.05) is 0 Å². The highest BCUT2D eigenvalue weighted by atomic mass is 32.2. The van der Waals surface area contributed by atoms with Crippen molar-refractivity contribution in [3.63, 3.8) is 0 Å². The topological polar surface area (TPSA) is 49.4 Å². The third kappa shape index (κ3) is 4.28. The van der Waals surface area contributed by atoms with Crippen molar-refractivity contribution in [3.05, 3.63) is 29.8 Å². The van der Waals surface area contributed by atoms with Crippen LogP contribution in [0, 0.1) is 17.6 Å². The summed E-state index contributed by atoms with van der Waals surface area (Å²) in [5, 5.41) is 0. The molecule has 0 radical (unpaired) electrons. The molecule has 1 aromatic rings. The molecule has 2 aliphatic rings. The zero-order valence-electron chi connectivity index (χ0n) is 13.4. The fourth-order valence-corrected chi connectivity index (χ4v) is 5.67. The van der Waals surface area contributed by atoms with Crippen LogP contribution in [0.25, 0.3) is 0 Å². The molecule has 2 heterocycles. The molecule has 8 heteroatoms. The summed E-state index contributed by atoms with van der Waals surface area (Å²) in [5.74, 6) is 0.522. The number of nitrogens with one attached hydrogen (secondary N) is 1. The van der Waals surface area contributed by atoms with Crippen molar-refractivity contribution in [2.24, 2.45) is 5.92 Å². The van der Waals surface area contributed by atoms with Crippen molar-refractivity contribution in [3.8, 4) is 0 Å². The van der Waals surface area contributed by atoms with E-state index < -0.39 is 21.7 Å². The Bertz CT molecular complexity index is 671. The van der Waals surface area contributed by atoms with Crippen LogP contribution in [-0.4, -0.2) is 50.5 Å². The number of hydrogen-bond acceptors (Lipinski definition) is 4. The summed E-state index contributed by atoms with van der Waals surface area (Å²) in [5.41, 5.74) is 0. The monoisotopic (exact) mass is 376 g/mol. The molecule has 0 aromatic heterocycles. The lowest BCUT2D eigenvalue weighted by Crippen LogP contribution is -2.43. The number of halogens is 2. The van der Waals surface area contributed by atoms with Crippen LogP contribution in [0.15, 0.2) is 23.1 Å². The first-order chi connectivity index (χ1) is 11.5. The van der Waals surface area contributed by atoms with E-state index in [-0.39, 0.29) is 10.8 Å². The van der Waals surface area contributed by atoms with Gasteiger partial charge in [0.15, 0.2) is 11.6 Å². The summed E-state index contributed by atoms with van der Waals surface area (Å²) in [6, 6.07) is 3.32. The number of benzene rings is 1. The number of nitrogens with zero attached hydrogens (tertiary/aromatic N) is 1. The quantitative estimate of drug-likeness (QED) is 0.858. The number of thioether (sulfide) groups is 1. The Kier molecular flexibility index (Phi) is 5.79. The number of hydrogen-bond donors (Lipinski definition) is 1. The van der Waals surface area contributed by atoms with Gasteiger partial charge in [-0.25, -0.2) is 21.9 Å². The second kappa shape index (κ2) is 7.68. The van der Waals surface area contributed by atoms with Crippen LogP contribution in [0.4, 0.5) is 8.78 Å². The van der Waals surface area contributed by atoms with Crippen LogP contribution in [0.1, 0.15) is 19.3 Å². The third-order valence-corrected chi connectivity index (χ3v) is 7.40. The Hall–Kier alpha value is -0.700. The Morgan fingerprint density at radius 2 is 1.92 bits per heavy atom. The molecule has 134 valence electrons. The van der Waals surface area contributed by atoms with Gasteiger partial charge in [0.25, 0.3) is 0 Å². The molecule has 0 spiro atoms. The molecule has 1 atom stereocenters. The molecule has 0 bridgehead atoms. The molecular weight excluding hydrogens is 354 g/mol. The average molecular weight is 376 g/mol. The molecule has 2 saturated heterocycles. The van der Waals surface area contributed by atoms with E-state index in [0.29, 0.717) is 12.6 Å². The minimum absolute atomic E-state index is 0.234. The SMILES string of the molecule is O=S(=O)(NCC1CCN(C2CCSC2)CC1)c1ccc(F)c(F)c1. The summed E-state index contributed by atoms with van der Waals surface area (Å²) in [4.78, 5) is 2.28. The Morgan fingerprint density at radius 3 is 2.54 bits per heavy atom. The molecule has 4 nitrogen and oxygen atoms in total. The minimum atomic E-state index is -3.80. The van der Waals surface area contributed by atoms with Gasteiger partial charge in [0.1, 0.15) is 0 Å². The fourth-order valence-electron chi connectivity index (χ4n) is 3.29. The maximum Gasteiger partial charge on any atom is 0.240 e. The van der Waals surface area contributed by atoms with Crippen LogP contribution < -0.4 is 4.72 Å². The van der Waals surface area contributed by atoms with E-state index in [1.54, 1.807) is 0 Å².